The molecule has 0 aliphatic heterocycles. The topological polar surface area (TPSA) is 364 Å². The number of hydrogen-bond donors (Lipinski definition) is 14. The molecule has 0 heterocycles. The van der Waals surface area contributed by atoms with Crippen LogP contribution in [0.5, 0.6) is 0 Å². The van der Waals surface area contributed by atoms with Crippen molar-refractivity contribution in [1.29, 1.82) is 0 Å². The van der Waals surface area contributed by atoms with Gasteiger partial charge in [-0.05, 0) is 192 Å². The summed E-state index contributed by atoms with van der Waals surface area (Å²) < 4.78 is 0. The summed E-state index contributed by atoms with van der Waals surface area (Å²) in [6, 6.07) is 105. The maximum Gasteiger partial charge on any atom is 0.0403 e. The molecule has 14 nitrogen and oxygen atoms in total. The van der Waals surface area contributed by atoms with Gasteiger partial charge in [-0.1, -0.05) is 419 Å². The Labute approximate surface area is 693 Å². The second-order valence-electron chi connectivity index (χ2n) is 23.7. The third-order valence-electron chi connectivity index (χ3n) is 16.2. The van der Waals surface area contributed by atoms with Crippen LogP contribution in [-0.2, 0) is 32.1 Å². The molecule has 3 saturated carbocycles. The molecule has 10 aromatic carbocycles. The molecule has 0 unspecified atom stereocenters. The first-order chi connectivity index (χ1) is 56.0. The molecule has 113 heavy (non-hydrogen) atoms. The Hall–Kier alpha value is -8.36. The van der Waals surface area contributed by atoms with E-state index in [1.807, 2.05) is 97.1 Å². The van der Waals surface area contributed by atoms with Crippen molar-refractivity contribution in [3.8, 4) is 0 Å². The molecule has 0 aromatic heterocycles. The summed E-state index contributed by atoms with van der Waals surface area (Å²) in [5.41, 5.74) is 76.9. The zero-order chi connectivity index (χ0) is 86.5. The van der Waals surface area contributed by atoms with E-state index in [0.717, 1.165) is 43.9 Å². The number of benzene rings is 10. The third-order valence-corrected chi connectivity index (χ3v) is 16.2. The van der Waals surface area contributed by atoms with E-state index in [9.17, 15) is 0 Å². The van der Waals surface area contributed by atoms with Crippen LogP contribution in [-0.4, -0.2) is 91.2 Å². The summed E-state index contributed by atoms with van der Waals surface area (Å²) >= 11 is 0. The van der Waals surface area contributed by atoms with Crippen LogP contribution >= 0.6 is 0 Å². The highest BCUT2D eigenvalue weighted by Crippen LogP contribution is 2.35. The molecule has 0 amide bonds. The minimum atomic E-state index is 0.250. The molecule has 0 spiro atoms. The van der Waals surface area contributed by atoms with E-state index in [1.165, 1.54) is 217 Å². The molecule has 634 valence electrons. The summed E-state index contributed by atoms with van der Waals surface area (Å²) in [4.78, 5) is 0. The SMILES string of the molecule is C1CCC(CC2CCCCC2)CC1.C1CCCCC1.CCc1ccccc1.CN.CN.CN.CN.CN.CN.CN.CN.CN.CN.CN.CN.Cc1ccccc1.NCN.c1ccc(Cc2ccc(Cc3ccc(Cc4ccccc4)cc3)cc2)cc1.c1ccc(Cc2ccccc2)cc1.c1ccccc1.c1ccccc1. The molecule has 10 aromatic rings. The molecule has 3 fully saturated rings. The minimum absolute atomic E-state index is 0.250. The van der Waals surface area contributed by atoms with Gasteiger partial charge in [-0.25, -0.2) is 0 Å². The van der Waals surface area contributed by atoms with E-state index >= 15 is 0 Å². The van der Waals surface area contributed by atoms with Crippen LogP contribution in [0.3, 0.4) is 0 Å². The van der Waals surface area contributed by atoms with Crippen LogP contribution in [0, 0.1) is 18.8 Å². The summed E-state index contributed by atoms with van der Waals surface area (Å²) in [7, 11) is 18.0. The number of aryl methyl sites for hydroxylation is 2. The molecule has 0 atom stereocenters. The van der Waals surface area contributed by atoms with Gasteiger partial charge in [0.25, 0.3) is 0 Å². The maximum atomic E-state index is 4.62. The number of nitrogens with two attached hydrogens (primary N) is 14. The predicted octanol–water partition coefficient (Wildman–Crippen LogP) is 18.0. The molecular weight excluding hydrogens is 1390 g/mol. The van der Waals surface area contributed by atoms with E-state index in [1.54, 1.807) is 32.1 Å². The van der Waals surface area contributed by atoms with Crippen molar-refractivity contribution in [2.24, 2.45) is 92.1 Å². The Morgan fingerprint density at radius 2 is 0.327 bits per heavy atom. The van der Waals surface area contributed by atoms with E-state index in [0.29, 0.717) is 0 Å². The zero-order valence-corrected chi connectivity index (χ0v) is 73.4. The lowest BCUT2D eigenvalue weighted by molar-refractivity contribution is 0.244. The van der Waals surface area contributed by atoms with Gasteiger partial charge in [0.05, 0.1) is 0 Å². The van der Waals surface area contributed by atoms with Crippen molar-refractivity contribution in [2.75, 3.05) is 91.2 Å². The Morgan fingerprint density at radius 1 is 0.195 bits per heavy atom. The molecule has 3 aliphatic carbocycles. The van der Waals surface area contributed by atoms with Crippen molar-refractivity contribution < 1.29 is 0 Å². The number of rotatable bonds is 11. The summed E-state index contributed by atoms with van der Waals surface area (Å²) in [6.45, 7) is 4.50. The van der Waals surface area contributed by atoms with Gasteiger partial charge in [0.15, 0.2) is 0 Å². The monoisotopic (exact) mass is 1550 g/mol. The van der Waals surface area contributed by atoms with Gasteiger partial charge < -0.3 is 80.3 Å². The first kappa shape index (κ1) is 120. The Morgan fingerprint density at radius 3 is 0.469 bits per heavy atom. The quantitative estimate of drug-likeness (QED) is 0.0536. The highest BCUT2D eigenvalue weighted by Gasteiger charge is 2.20. The lowest BCUT2D eigenvalue weighted by atomic mass is 9.78. The zero-order valence-electron chi connectivity index (χ0n) is 73.4. The largest absolute Gasteiger partial charge is 0.333 e. The van der Waals surface area contributed by atoms with Gasteiger partial charge in [-0.3, -0.25) is 0 Å². The fourth-order valence-electron chi connectivity index (χ4n) is 11.3. The average Bonchev–Trinajstić information content (AvgIpc) is 0.861. The second kappa shape index (κ2) is 108. The van der Waals surface area contributed by atoms with Gasteiger partial charge in [-0.2, -0.15) is 0 Å². The van der Waals surface area contributed by atoms with E-state index in [-0.39, 0.29) is 6.67 Å². The average molecular weight is 1550 g/mol. The minimum Gasteiger partial charge on any atom is -0.333 e. The van der Waals surface area contributed by atoms with Crippen LogP contribution < -0.4 is 80.3 Å². The second-order valence-corrected chi connectivity index (χ2v) is 23.7. The van der Waals surface area contributed by atoms with Crippen molar-refractivity contribution in [3.63, 3.8) is 0 Å². The molecular formula is C99H168N14. The third kappa shape index (κ3) is 80.1. The van der Waals surface area contributed by atoms with Gasteiger partial charge in [0.2, 0.25) is 0 Å². The molecule has 0 bridgehead atoms. The van der Waals surface area contributed by atoms with Crippen molar-refractivity contribution in [2.45, 2.75) is 155 Å². The van der Waals surface area contributed by atoms with Crippen molar-refractivity contribution in [1.82, 2.24) is 0 Å². The van der Waals surface area contributed by atoms with Crippen LogP contribution in [0.25, 0.3) is 0 Å². The lowest BCUT2D eigenvalue weighted by Crippen LogP contribution is -2.14. The van der Waals surface area contributed by atoms with Crippen molar-refractivity contribution >= 4 is 0 Å². The molecule has 13 rings (SSSR count). The van der Waals surface area contributed by atoms with Crippen LogP contribution in [0.2, 0.25) is 0 Å². The van der Waals surface area contributed by atoms with E-state index in [4.69, 9.17) is 0 Å². The normalized spacial score (nSPS) is 11.0. The van der Waals surface area contributed by atoms with Gasteiger partial charge in [-0.15, -0.1) is 0 Å². The summed E-state index contributed by atoms with van der Waals surface area (Å²) in [6.07, 6.45) is 31.1. The maximum absolute atomic E-state index is 4.62. The van der Waals surface area contributed by atoms with Crippen LogP contribution in [0.4, 0.5) is 0 Å². The lowest BCUT2D eigenvalue weighted by Gasteiger charge is -2.28. The first-order valence-corrected chi connectivity index (χ1v) is 40.7. The highest BCUT2D eigenvalue weighted by molar-refractivity contribution is 5.34. The van der Waals surface area contributed by atoms with E-state index < -0.39 is 0 Å². The Balaban J connectivity index is -0.000000186. The van der Waals surface area contributed by atoms with Gasteiger partial charge in [0.1, 0.15) is 0 Å². The standard InChI is InChI=1S/C27H24.C13H24.C13H12.C8H10.C7H8.C6H12.2C6H6.CH6N2.12CH5N/c1-3-7-22(8-4-1)19-24-11-15-26(16-12-24)21-27-17-13-25(14-18-27)20-23-9-5-2-6-10-23;2*1-3-7-12(8-4-1)11-13-9-5-2-6-10-13;1-2-8-6-4-3-5-7-8;1-7-5-3-2-4-6-7;3*1-2-4-6-5-3-1;2-1-3;12*1-2/h1-18H,19-21H2;12-13H,1-11H2;1-10H,11H2;3-7H,2H2,1H3;2-6H,1H3;1-6H2;2*1-6H;1-3H2;12*2H2,1H3. The Kier molecular flexibility index (Phi) is 115. The molecule has 0 saturated heterocycles. The summed E-state index contributed by atoms with van der Waals surface area (Å²) in [5, 5.41) is 0. The number of hydrogen-bond acceptors (Lipinski definition) is 14. The van der Waals surface area contributed by atoms with Crippen LogP contribution in [0.15, 0.2) is 303 Å². The molecule has 28 N–H and O–H groups in total. The summed E-state index contributed by atoms with van der Waals surface area (Å²) in [5.74, 6) is 2.24. The molecule has 14 heteroatoms. The Bertz CT molecular complexity index is 2880. The molecule has 3 aliphatic rings. The molecule has 0 radical (unpaired) electrons. The highest BCUT2D eigenvalue weighted by atomic mass is 14.7. The van der Waals surface area contributed by atoms with Gasteiger partial charge in [0, 0.05) is 6.67 Å². The van der Waals surface area contributed by atoms with Gasteiger partial charge >= 0.3 is 0 Å². The predicted molar refractivity (Wildman–Crippen MR) is 510 cm³/mol. The van der Waals surface area contributed by atoms with Crippen LogP contribution in [0.1, 0.15) is 172 Å². The fourth-order valence-corrected chi connectivity index (χ4v) is 11.3. The smallest absolute Gasteiger partial charge is 0.0403 e. The van der Waals surface area contributed by atoms with E-state index in [2.05, 4.69) is 300 Å². The fraction of sp³-hybridized carbons (Fsp3) is 0.394. The first-order valence-electron chi connectivity index (χ1n) is 40.7. The van der Waals surface area contributed by atoms with Crippen molar-refractivity contribution in [3.05, 3.63) is 359 Å².